The van der Waals surface area contributed by atoms with Crippen molar-refractivity contribution in [2.24, 2.45) is 4.99 Å². The summed E-state index contributed by atoms with van der Waals surface area (Å²) in [6, 6.07) is 10.1. The minimum Gasteiger partial charge on any atom is -0.265 e. The van der Waals surface area contributed by atoms with Gasteiger partial charge in [0.1, 0.15) is 0 Å². The third kappa shape index (κ3) is 4.07. The molecule has 0 saturated heterocycles. The van der Waals surface area contributed by atoms with Gasteiger partial charge >= 0.3 is 0 Å². The van der Waals surface area contributed by atoms with Crippen LogP contribution in [0.4, 0.5) is 0 Å². The first kappa shape index (κ1) is 12.9. The van der Waals surface area contributed by atoms with Crippen molar-refractivity contribution >= 4 is 11.8 Å². The molecule has 0 N–H and O–H groups in total. The molecule has 0 bridgehead atoms. The van der Waals surface area contributed by atoms with Crippen molar-refractivity contribution in [3.05, 3.63) is 79.1 Å². The molecule has 0 fully saturated rings. The Balaban J connectivity index is 3.17. The zero-order chi connectivity index (χ0) is 12.5. The standard InChI is InChI=1S/C16H17N/c1-4-14(5-2)12-16(13-17-6-3)15-10-8-7-9-11-15/h4-13H,1,3H2,2H3/b14-5+,16-12+,17-13-. The van der Waals surface area contributed by atoms with Crippen molar-refractivity contribution < 1.29 is 0 Å². The van der Waals surface area contributed by atoms with Gasteiger partial charge in [-0.25, -0.2) is 0 Å². The normalized spacial score (nSPS) is 12.8. The SMILES string of the molecule is C=C\N=C/C(=C\C(C=C)=C\C)c1ccccc1. The van der Waals surface area contributed by atoms with Crippen LogP contribution in [0.2, 0.25) is 0 Å². The van der Waals surface area contributed by atoms with Gasteiger partial charge in [0.15, 0.2) is 0 Å². The van der Waals surface area contributed by atoms with Gasteiger partial charge in [-0.15, -0.1) is 0 Å². The van der Waals surface area contributed by atoms with Gasteiger partial charge in [-0.2, -0.15) is 0 Å². The first-order valence-corrected chi connectivity index (χ1v) is 5.51. The molecule has 86 valence electrons. The predicted octanol–water partition coefficient (Wildman–Crippen LogP) is 4.42. The van der Waals surface area contributed by atoms with Gasteiger partial charge in [0.25, 0.3) is 0 Å². The van der Waals surface area contributed by atoms with Gasteiger partial charge in [-0.1, -0.05) is 55.6 Å². The fourth-order valence-electron chi connectivity index (χ4n) is 1.40. The highest BCUT2D eigenvalue weighted by atomic mass is 14.7. The molecule has 0 radical (unpaired) electrons. The van der Waals surface area contributed by atoms with E-state index in [2.05, 4.69) is 36.4 Å². The molecule has 1 aromatic rings. The Morgan fingerprint density at radius 1 is 1.18 bits per heavy atom. The second-order valence-electron chi connectivity index (χ2n) is 3.42. The van der Waals surface area contributed by atoms with Gasteiger partial charge in [-0.3, -0.25) is 4.99 Å². The third-order valence-electron chi connectivity index (χ3n) is 2.32. The molecule has 0 aromatic heterocycles. The van der Waals surface area contributed by atoms with Gasteiger partial charge in [-0.05, 0) is 24.1 Å². The van der Waals surface area contributed by atoms with E-state index in [4.69, 9.17) is 0 Å². The van der Waals surface area contributed by atoms with E-state index in [-0.39, 0.29) is 0 Å². The summed E-state index contributed by atoms with van der Waals surface area (Å²) in [6.07, 6.45) is 9.22. The van der Waals surface area contributed by atoms with Crippen LogP contribution in [-0.4, -0.2) is 6.21 Å². The second-order valence-corrected chi connectivity index (χ2v) is 3.42. The lowest BCUT2D eigenvalue weighted by Crippen LogP contribution is -1.86. The Labute approximate surface area is 103 Å². The Morgan fingerprint density at radius 2 is 1.88 bits per heavy atom. The van der Waals surface area contributed by atoms with E-state index >= 15 is 0 Å². The van der Waals surface area contributed by atoms with Crippen LogP contribution >= 0.6 is 0 Å². The van der Waals surface area contributed by atoms with Crippen LogP contribution in [0, 0.1) is 0 Å². The van der Waals surface area contributed by atoms with E-state index in [9.17, 15) is 0 Å². The second kappa shape index (κ2) is 7.18. The average molecular weight is 223 g/mol. The smallest absolute Gasteiger partial charge is 0.0346 e. The molecule has 0 unspecified atom stereocenters. The van der Waals surface area contributed by atoms with Crippen molar-refractivity contribution in [3.8, 4) is 0 Å². The molecule has 1 nitrogen and oxygen atoms in total. The Bertz CT molecular complexity index is 462. The minimum atomic E-state index is 1.04. The largest absolute Gasteiger partial charge is 0.265 e. The van der Waals surface area contributed by atoms with Gasteiger partial charge in [0, 0.05) is 18.0 Å². The molecule has 1 heteroatoms. The van der Waals surface area contributed by atoms with Crippen LogP contribution < -0.4 is 0 Å². The monoisotopic (exact) mass is 223 g/mol. The number of rotatable bonds is 5. The highest BCUT2D eigenvalue weighted by Gasteiger charge is 1.97. The lowest BCUT2D eigenvalue weighted by Gasteiger charge is -2.02. The molecule has 0 heterocycles. The van der Waals surface area contributed by atoms with Crippen LogP contribution in [-0.2, 0) is 0 Å². The quantitative estimate of drug-likeness (QED) is 0.517. The summed E-state index contributed by atoms with van der Waals surface area (Å²) in [5.74, 6) is 0. The van der Waals surface area contributed by atoms with Crippen LogP contribution in [0.15, 0.2) is 78.5 Å². The summed E-state index contributed by atoms with van der Waals surface area (Å²) >= 11 is 0. The lowest BCUT2D eigenvalue weighted by atomic mass is 10.0. The molecule has 0 amide bonds. The highest BCUT2D eigenvalue weighted by molar-refractivity contribution is 6.10. The maximum Gasteiger partial charge on any atom is 0.0346 e. The molecule has 17 heavy (non-hydrogen) atoms. The molecule has 0 saturated carbocycles. The van der Waals surface area contributed by atoms with E-state index in [0.717, 1.165) is 16.7 Å². The number of aliphatic imine (C=N–C) groups is 1. The van der Waals surface area contributed by atoms with E-state index in [0.29, 0.717) is 0 Å². The van der Waals surface area contributed by atoms with E-state index in [1.807, 2.05) is 37.3 Å². The lowest BCUT2D eigenvalue weighted by molar-refractivity contribution is 1.57. The summed E-state index contributed by atoms with van der Waals surface area (Å²) in [7, 11) is 0. The first-order chi connectivity index (χ1) is 8.31. The van der Waals surface area contributed by atoms with Crippen molar-refractivity contribution in [1.82, 2.24) is 0 Å². The molecule has 0 aliphatic heterocycles. The summed E-state index contributed by atoms with van der Waals surface area (Å²) < 4.78 is 0. The maximum absolute atomic E-state index is 4.08. The Morgan fingerprint density at radius 3 is 2.41 bits per heavy atom. The molecular formula is C16H17N. The minimum absolute atomic E-state index is 1.04. The number of nitrogens with zero attached hydrogens (tertiary/aromatic N) is 1. The first-order valence-electron chi connectivity index (χ1n) is 5.51. The van der Waals surface area contributed by atoms with Gasteiger partial charge in [0.05, 0.1) is 0 Å². The zero-order valence-electron chi connectivity index (χ0n) is 10.1. The summed E-state index contributed by atoms with van der Waals surface area (Å²) in [5.41, 5.74) is 3.23. The highest BCUT2D eigenvalue weighted by Crippen LogP contribution is 2.15. The molecule has 1 rings (SSSR count). The molecule has 0 aliphatic rings. The molecule has 0 aliphatic carbocycles. The third-order valence-corrected chi connectivity index (χ3v) is 2.32. The number of benzene rings is 1. The number of hydrogen-bond acceptors (Lipinski definition) is 1. The maximum atomic E-state index is 4.08. The molecule has 0 spiro atoms. The van der Waals surface area contributed by atoms with E-state index < -0.39 is 0 Å². The Kier molecular flexibility index (Phi) is 5.45. The number of hydrogen-bond donors (Lipinski definition) is 0. The summed E-state index contributed by atoms with van der Waals surface area (Å²) in [6.45, 7) is 9.35. The fraction of sp³-hybridized carbons (Fsp3) is 0.0625. The van der Waals surface area contributed by atoms with Crippen LogP contribution in [0.5, 0.6) is 0 Å². The van der Waals surface area contributed by atoms with Crippen molar-refractivity contribution in [2.45, 2.75) is 6.92 Å². The van der Waals surface area contributed by atoms with Crippen molar-refractivity contribution in [3.63, 3.8) is 0 Å². The molecular weight excluding hydrogens is 206 g/mol. The van der Waals surface area contributed by atoms with Crippen LogP contribution in [0.3, 0.4) is 0 Å². The predicted molar refractivity (Wildman–Crippen MR) is 77.1 cm³/mol. The van der Waals surface area contributed by atoms with Gasteiger partial charge in [0.2, 0.25) is 0 Å². The average Bonchev–Trinajstić information content (AvgIpc) is 2.40. The summed E-state index contributed by atoms with van der Waals surface area (Å²) in [5, 5.41) is 0. The van der Waals surface area contributed by atoms with Gasteiger partial charge < -0.3 is 0 Å². The number of allylic oxidation sites excluding steroid dienone is 5. The fourth-order valence-corrected chi connectivity index (χ4v) is 1.40. The van der Waals surface area contributed by atoms with Crippen LogP contribution in [0.25, 0.3) is 5.57 Å². The van der Waals surface area contributed by atoms with Crippen LogP contribution in [0.1, 0.15) is 12.5 Å². The molecule has 1 aromatic carbocycles. The van der Waals surface area contributed by atoms with Crippen molar-refractivity contribution in [1.29, 1.82) is 0 Å². The Hall–Kier alpha value is -2.15. The van der Waals surface area contributed by atoms with E-state index in [1.165, 1.54) is 6.20 Å². The van der Waals surface area contributed by atoms with Crippen molar-refractivity contribution in [2.75, 3.05) is 0 Å². The topological polar surface area (TPSA) is 12.4 Å². The molecule has 0 atom stereocenters. The summed E-state index contributed by atoms with van der Waals surface area (Å²) in [4.78, 5) is 4.08. The zero-order valence-corrected chi connectivity index (χ0v) is 10.1. The van der Waals surface area contributed by atoms with E-state index in [1.54, 1.807) is 6.21 Å².